The summed E-state index contributed by atoms with van der Waals surface area (Å²) in [5.41, 5.74) is 3.09. The number of hydrogen-bond donors (Lipinski definition) is 0. The van der Waals surface area contributed by atoms with Gasteiger partial charge >= 0.3 is 5.97 Å². The highest BCUT2D eigenvalue weighted by molar-refractivity contribution is 7.07. The number of halogens is 1. The summed E-state index contributed by atoms with van der Waals surface area (Å²) < 4.78 is 18.9. The third-order valence-electron chi connectivity index (χ3n) is 6.42. The fraction of sp³-hybridized carbons (Fsp3) is 0.194. The Bertz CT molecular complexity index is 1760. The van der Waals surface area contributed by atoms with Crippen LogP contribution in [-0.4, -0.2) is 24.3 Å². The first-order chi connectivity index (χ1) is 19.4. The summed E-state index contributed by atoms with van der Waals surface area (Å²) in [4.78, 5) is 31.7. The lowest BCUT2D eigenvalue weighted by Crippen LogP contribution is -2.39. The molecule has 40 heavy (non-hydrogen) atoms. The lowest BCUT2D eigenvalue weighted by molar-refractivity contribution is -0.136. The van der Waals surface area contributed by atoms with E-state index in [0.717, 1.165) is 16.7 Å². The number of benzene rings is 3. The molecular weight excluding hydrogens is 548 g/mol. The second-order valence-corrected chi connectivity index (χ2v) is 10.5. The number of methoxy groups -OCH3 is 1. The molecule has 0 saturated carbocycles. The second kappa shape index (κ2) is 11.9. The van der Waals surface area contributed by atoms with Gasteiger partial charge in [0.1, 0.15) is 6.61 Å². The zero-order chi connectivity index (χ0) is 28.2. The molecule has 1 atom stereocenters. The minimum absolute atomic E-state index is 0.264. The average Bonchev–Trinajstić information content (AvgIpc) is 3.26. The SMILES string of the molecule is CCOc1cc(/C=c2\sc3n(c2=O)[C@@H](c2ccc(Cl)cc2)C(C(=O)OC)=C(C)N=3)ccc1OCc1ccccc1. The normalized spacial score (nSPS) is 14.9. The molecule has 9 heteroatoms. The second-order valence-electron chi connectivity index (χ2n) is 9.04. The number of allylic oxidation sites excluding steroid dienone is 1. The van der Waals surface area contributed by atoms with Gasteiger partial charge in [-0.05, 0) is 60.9 Å². The molecule has 0 unspecified atom stereocenters. The smallest absolute Gasteiger partial charge is 0.338 e. The van der Waals surface area contributed by atoms with Crippen LogP contribution in [0.5, 0.6) is 11.5 Å². The molecular formula is C31H27ClN2O5S. The fourth-order valence-electron chi connectivity index (χ4n) is 4.54. The number of ether oxygens (including phenoxy) is 3. The van der Waals surface area contributed by atoms with Crippen LogP contribution < -0.4 is 24.4 Å². The molecule has 4 aromatic rings. The number of hydrogen-bond acceptors (Lipinski definition) is 7. The van der Waals surface area contributed by atoms with E-state index in [0.29, 0.717) is 50.3 Å². The number of nitrogens with zero attached hydrogens (tertiary/aromatic N) is 2. The Kier molecular flexibility index (Phi) is 8.19. The Morgan fingerprint density at radius 2 is 1.80 bits per heavy atom. The van der Waals surface area contributed by atoms with Crippen molar-refractivity contribution in [3.8, 4) is 11.5 Å². The monoisotopic (exact) mass is 574 g/mol. The van der Waals surface area contributed by atoms with Crippen molar-refractivity contribution in [3.63, 3.8) is 0 Å². The Labute approximate surface area is 240 Å². The predicted molar refractivity (Wildman–Crippen MR) is 156 cm³/mol. The quantitative estimate of drug-likeness (QED) is 0.276. The van der Waals surface area contributed by atoms with Crippen LogP contribution in [-0.2, 0) is 16.1 Å². The van der Waals surface area contributed by atoms with Gasteiger partial charge < -0.3 is 14.2 Å². The molecule has 204 valence electrons. The summed E-state index contributed by atoms with van der Waals surface area (Å²) in [6, 6.07) is 21.8. The van der Waals surface area contributed by atoms with E-state index in [-0.39, 0.29) is 5.56 Å². The number of rotatable bonds is 8. The van der Waals surface area contributed by atoms with Crippen LogP contribution >= 0.6 is 22.9 Å². The zero-order valence-corrected chi connectivity index (χ0v) is 23.8. The van der Waals surface area contributed by atoms with E-state index in [1.165, 1.54) is 18.4 Å². The van der Waals surface area contributed by atoms with Gasteiger partial charge in [0.25, 0.3) is 5.56 Å². The third-order valence-corrected chi connectivity index (χ3v) is 7.65. The number of carbonyl (C=O) groups is 1. The van der Waals surface area contributed by atoms with Gasteiger partial charge in [0.15, 0.2) is 16.3 Å². The highest BCUT2D eigenvalue weighted by atomic mass is 35.5. The Balaban J connectivity index is 1.56. The van der Waals surface area contributed by atoms with Gasteiger partial charge in [-0.3, -0.25) is 9.36 Å². The van der Waals surface area contributed by atoms with Crippen molar-refractivity contribution in [2.45, 2.75) is 26.5 Å². The van der Waals surface area contributed by atoms with Crippen molar-refractivity contribution in [3.05, 3.63) is 125 Å². The number of carbonyl (C=O) groups excluding carboxylic acids is 1. The molecule has 0 saturated heterocycles. The van der Waals surface area contributed by atoms with Crippen LogP contribution in [0.2, 0.25) is 5.02 Å². The van der Waals surface area contributed by atoms with Crippen LogP contribution in [0, 0.1) is 0 Å². The largest absolute Gasteiger partial charge is 0.490 e. The van der Waals surface area contributed by atoms with Gasteiger partial charge in [-0.25, -0.2) is 9.79 Å². The summed E-state index contributed by atoms with van der Waals surface area (Å²) in [5, 5.41) is 0.553. The maximum Gasteiger partial charge on any atom is 0.338 e. The van der Waals surface area contributed by atoms with Gasteiger partial charge in [0.2, 0.25) is 0 Å². The van der Waals surface area contributed by atoms with Crippen LogP contribution in [0.3, 0.4) is 0 Å². The van der Waals surface area contributed by atoms with E-state index in [1.54, 1.807) is 41.8 Å². The molecule has 7 nitrogen and oxygen atoms in total. The van der Waals surface area contributed by atoms with E-state index in [9.17, 15) is 9.59 Å². The maximum atomic E-state index is 13.8. The Morgan fingerprint density at radius 3 is 2.50 bits per heavy atom. The molecule has 1 aliphatic rings. The van der Waals surface area contributed by atoms with Gasteiger partial charge in [-0.15, -0.1) is 0 Å². The van der Waals surface area contributed by atoms with E-state index in [2.05, 4.69) is 4.99 Å². The topological polar surface area (TPSA) is 79.1 Å². The average molecular weight is 575 g/mol. The van der Waals surface area contributed by atoms with Gasteiger partial charge in [-0.1, -0.05) is 71.5 Å². The van der Waals surface area contributed by atoms with Crippen LogP contribution in [0.15, 0.2) is 93.9 Å². The lowest BCUT2D eigenvalue weighted by Gasteiger charge is -2.24. The van der Waals surface area contributed by atoms with Crippen LogP contribution in [0.4, 0.5) is 0 Å². The van der Waals surface area contributed by atoms with Crippen LogP contribution in [0.1, 0.15) is 36.6 Å². The molecule has 0 N–H and O–H groups in total. The van der Waals surface area contributed by atoms with Crippen molar-refractivity contribution >= 4 is 35.0 Å². The molecule has 0 amide bonds. The molecule has 5 rings (SSSR count). The standard InChI is InChI=1S/C31H27ClN2O5S/c1-4-38-25-16-21(10-15-24(25)39-18-20-8-6-5-7-9-20)17-26-29(35)34-28(22-11-13-23(32)14-12-22)27(30(36)37-3)19(2)33-31(34)40-26/h5-17,28H,4,18H2,1-3H3/b26-17-/t28-/m0/s1. The van der Waals surface area contributed by atoms with Crippen molar-refractivity contribution in [1.29, 1.82) is 0 Å². The molecule has 0 radical (unpaired) electrons. The maximum absolute atomic E-state index is 13.8. The number of aromatic nitrogens is 1. The first kappa shape index (κ1) is 27.4. The number of esters is 1. The summed E-state index contributed by atoms with van der Waals surface area (Å²) in [6.07, 6.45) is 1.80. The van der Waals surface area contributed by atoms with Crippen LogP contribution in [0.25, 0.3) is 6.08 Å². The zero-order valence-electron chi connectivity index (χ0n) is 22.2. The van der Waals surface area contributed by atoms with E-state index >= 15 is 0 Å². The summed E-state index contributed by atoms with van der Waals surface area (Å²) in [5.74, 6) is 0.663. The first-order valence-corrected chi connectivity index (χ1v) is 13.9. The van der Waals surface area contributed by atoms with E-state index < -0.39 is 12.0 Å². The predicted octanol–water partition coefficient (Wildman–Crippen LogP) is 5.04. The molecule has 0 fully saturated rings. The van der Waals surface area contributed by atoms with E-state index in [4.69, 9.17) is 25.8 Å². The molecule has 0 bridgehead atoms. The lowest BCUT2D eigenvalue weighted by atomic mass is 9.96. The molecule has 1 aromatic heterocycles. The van der Waals surface area contributed by atoms with Gasteiger partial charge in [0, 0.05) is 5.02 Å². The van der Waals surface area contributed by atoms with E-state index in [1.807, 2.05) is 55.5 Å². The van der Waals surface area contributed by atoms with Crippen molar-refractivity contribution < 1.29 is 19.0 Å². The fourth-order valence-corrected chi connectivity index (χ4v) is 5.71. The van der Waals surface area contributed by atoms with Crippen molar-refractivity contribution in [1.82, 2.24) is 4.57 Å². The van der Waals surface area contributed by atoms with Gasteiger partial charge in [0.05, 0.1) is 35.6 Å². The summed E-state index contributed by atoms with van der Waals surface area (Å²) in [6.45, 7) is 4.52. The van der Waals surface area contributed by atoms with Crippen molar-refractivity contribution in [2.75, 3.05) is 13.7 Å². The first-order valence-electron chi connectivity index (χ1n) is 12.7. The summed E-state index contributed by atoms with van der Waals surface area (Å²) in [7, 11) is 1.32. The summed E-state index contributed by atoms with van der Waals surface area (Å²) >= 11 is 7.37. The minimum atomic E-state index is -0.698. The molecule has 3 aromatic carbocycles. The molecule has 0 aliphatic carbocycles. The minimum Gasteiger partial charge on any atom is -0.490 e. The Morgan fingerprint density at radius 1 is 1.05 bits per heavy atom. The molecule has 2 heterocycles. The molecule has 0 spiro atoms. The Hall–Kier alpha value is -4.14. The number of thiazole rings is 1. The molecule has 1 aliphatic heterocycles. The van der Waals surface area contributed by atoms with Gasteiger partial charge in [-0.2, -0.15) is 0 Å². The number of fused-ring (bicyclic) bond motifs is 1. The highest BCUT2D eigenvalue weighted by Gasteiger charge is 2.33. The highest BCUT2D eigenvalue weighted by Crippen LogP contribution is 2.32. The van der Waals surface area contributed by atoms with Crippen molar-refractivity contribution in [2.24, 2.45) is 4.99 Å². The third kappa shape index (κ3) is 5.59.